The van der Waals surface area contributed by atoms with Crippen molar-refractivity contribution in [1.82, 2.24) is 5.01 Å². The third-order valence-electron chi connectivity index (χ3n) is 5.30. The number of nitrogens with zero attached hydrogens (tertiary/aromatic N) is 4. The summed E-state index contributed by atoms with van der Waals surface area (Å²) in [7, 11) is 0. The van der Waals surface area contributed by atoms with E-state index in [0.29, 0.717) is 12.1 Å². The SMILES string of the molecule is CC(C)N1Cc2ccccc2C2C(N=NN2C(C)C)c2ccccc21. The van der Waals surface area contributed by atoms with Crippen LogP contribution < -0.4 is 4.90 Å². The average molecular weight is 334 g/mol. The minimum absolute atomic E-state index is 0.0429. The van der Waals surface area contributed by atoms with E-state index in [0.717, 1.165) is 6.54 Å². The van der Waals surface area contributed by atoms with E-state index in [1.165, 1.54) is 22.4 Å². The Bertz CT molecular complexity index is 796. The van der Waals surface area contributed by atoms with Crippen LogP contribution in [0.1, 0.15) is 56.5 Å². The smallest absolute Gasteiger partial charge is 0.126 e. The molecule has 4 nitrogen and oxygen atoms in total. The van der Waals surface area contributed by atoms with Crippen LogP contribution in [0.2, 0.25) is 0 Å². The Morgan fingerprint density at radius 1 is 0.880 bits per heavy atom. The van der Waals surface area contributed by atoms with Crippen LogP contribution in [0.15, 0.2) is 58.9 Å². The van der Waals surface area contributed by atoms with Gasteiger partial charge in [-0.15, -0.1) is 0 Å². The van der Waals surface area contributed by atoms with E-state index in [1.807, 2.05) is 0 Å². The standard InChI is InChI=1S/C21H26N4/c1-14(2)24-13-16-9-5-6-10-17(16)21-20(22-23-25(21)15(3)4)18-11-7-8-12-19(18)24/h5-12,14-15,20-21H,13H2,1-4H3. The molecule has 4 heteroatoms. The highest BCUT2D eigenvalue weighted by atomic mass is 15.6. The van der Waals surface area contributed by atoms with Gasteiger partial charge >= 0.3 is 0 Å². The molecule has 130 valence electrons. The van der Waals surface area contributed by atoms with Crippen LogP contribution in [0.4, 0.5) is 5.69 Å². The molecule has 0 radical (unpaired) electrons. The maximum absolute atomic E-state index is 4.72. The molecule has 0 saturated carbocycles. The first-order chi connectivity index (χ1) is 12.1. The largest absolute Gasteiger partial charge is 0.364 e. The van der Waals surface area contributed by atoms with Crippen LogP contribution >= 0.6 is 0 Å². The molecule has 0 N–H and O–H groups in total. The van der Waals surface area contributed by atoms with Gasteiger partial charge in [0.25, 0.3) is 0 Å². The number of hydrogen-bond acceptors (Lipinski definition) is 4. The summed E-state index contributed by atoms with van der Waals surface area (Å²) in [6.45, 7) is 9.81. The van der Waals surface area contributed by atoms with Crippen molar-refractivity contribution in [3.8, 4) is 0 Å². The van der Waals surface area contributed by atoms with Crippen molar-refractivity contribution in [3.05, 3.63) is 65.2 Å². The molecule has 0 saturated heterocycles. The lowest BCUT2D eigenvalue weighted by Crippen LogP contribution is -2.36. The molecular formula is C21H26N4. The maximum Gasteiger partial charge on any atom is 0.126 e. The number of rotatable bonds is 2. The third kappa shape index (κ3) is 2.60. The summed E-state index contributed by atoms with van der Waals surface area (Å²) in [5, 5.41) is 11.5. The molecule has 0 spiro atoms. The van der Waals surface area contributed by atoms with Crippen LogP contribution in [-0.4, -0.2) is 17.1 Å². The molecule has 2 atom stereocenters. The molecule has 0 amide bonds. The summed E-state index contributed by atoms with van der Waals surface area (Å²) >= 11 is 0. The lowest BCUT2D eigenvalue weighted by Gasteiger charge is -2.38. The van der Waals surface area contributed by atoms with E-state index in [-0.39, 0.29) is 12.1 Å². The van der Waals surface area contributed by atoms with Gasteiger partial charge in [-0.1, -0.05) is 47.7 Å². The fourth-order valence-corrected chi connectivity index (χ4v) is 4.04. The Morgan fingerprint density at radius 2 is 1.56 bits per heavy atom. The van der Waals surface area contributed by atoms with Crippen molar-refractivity contribution in [3.63, 3.8) is 0 Å². The quantitative estimate of drug-likeness (QED) is 0.747. The Balaban J connectivity index is 1.93. The molecule has 0 bridgehead atoms. The number of hydrogen-bond donors (Lipinski definition) is 0. The fourth-order valence-electron chi connectivity index (χ4n) is 4.04. The van der Waals surface area contributed by atoms with E-state index in [1.54, 1.807) is 0 Å². The van der Waals surface area contributed by atoms with E-state index < -0.39 is 0 Å². The molecular weight excluding hydrogens is 308 g/mol. The van der Waals surface area contributed by atoms with Crippen molar-refractivity contribution in [1.29, 1.82) is 0 Å². The molecule has 2 heterocycles. The maximum atomic E-state index is 4.72. The molecule has 4 rings (SSSR count). The fraction of sp³-hybridized carbons (Fsp3) is 0.429. The summed E-state index contributed by atoms with van der Waals surface area (Å²) < 4.78 is 0. The average Bonchev–Trinajstić information content (AvgIpc) is 3.03. The zero-order valence-electron chi connectivity index (χ0n) is 15.4. The van der Waals surface area contributed by atoms with Gasteiger partial charge in [-0.2, -0.15) is 5.11 Å². The molecule has 2 aliphatic rings. The van der Waals surface area contributed by atoms with Crippen molar-refractivity contribution in [2.24, 2.45) is 10.3 Å². The lowest BCUT2D eigenvalue weighted by atomic mass is 9.87. The van der Waals surface area contributed by atoms with Gasteiger partial charge in [0.2, 0.25) is 0 Å². The molecule has 2 aromatic rings. The van der Waals surface area contributed by atoms with Crippen LogP contribution in [0.5, 0.6) is 0 Å². The minimum Gasteiger partial charge on any atom is -0.364 e. The minimum atomic E-state index is 0.0429. The molecule has 25 heavy (non-hydrogen) atoms. The van der Waals surface area contributed by atoms with Gasteiger partial charge in [-0.3, -0.25) is 5.01 Å². The number of benzene rings is 2. The first kappa shape index (κ1) is 16.1. The Hall–Kier alpha value is -2.36. The Kier molecular flexibility index (Phi) is 3.98. The second-order valence-corrected chi connectivity index (χ2v) is 7.55. The van der Waals surface area contributed by atoms with Gasteiger partial charge in [-0.25, -0.2) is 0 Å². The highest BCUT2D eigenvalue weighted by Crippen LogP contribution is 2.48. The van der Waals surface area contributed by atoms with Gasteiger partial charge in [-0.05, 0) is 44.9 Å². The van der Waals surface area contributed by atoms with Crippen LogP contribution in [0.3, 0.4) is 0 Å². The molecule has 0 aromatic heterocycles. The first-order valence-electron chi connectivity index (χ1n) is 9.20. The van der Waals surface area contributed by atoms with Gasteiger partial charge in [0, 0.05) is 29.9 Å². The highest BCUT2D eigenvalue weighted by molar-refractivity contribution is 5.58. The highest BCUT2D eigenvalue weighted by Gasteiger charge is 2.40. The summed E-state index contributed by atoms with van der Waals surface area (Å²) in [5.41, 5.74) is 5.29. The van der Waals surface area contributed by atoms with Crippen LogP contribution in [-0.2, 0) is 6.54 Å². The number of fused-ring (bicyclic) bond motifs is 5. The van der Waals surface area contributed by atoms with E-state index in [2.05, 4.69) is 91.4 Å². The van der Waals surface area contributed by atoms with Gasteiger partial charge in [0.1, 0.15) is 12.1 Å². The number of para-hydroxylation sites is 1. The Morgan fingerprint density at radius 3 is 2.28 bits per heavy atom. The van der Waals surface area contributed by atoms with Gasteiger partial charge in [0.05, 0.1) is 0 Å². The molecule has 0 fully saturated rings. The second-order valence-electron chi connectivity index (χ2n) is 7.55. The second kappa shape index (κ2) is 6.17. The van der Waals surface area contributed by atoms with E-state index >= 15 is 0 Å². The van der Waals surface area contributed by atoms with Crippen molar-refractivity contribution >= 4 is 5.69 Å². The summed E-state index contributed by atoms with van der Waals surface area (Å²) in [4.78, 5) is 2.48. The third-order valence-corrected chi connectivity index (χ3v) is 5.30. The topological polar surface area (TPSA) is 31.2 Å². The van der Waals surface area contributed by atoms with Crippen LogP contribution in [0, 0.1) is 0 Å². The predicted molar refractivity (Wildman–Crippen MR) is 102 cm³/mol. The summed E-state index contributed by atoms with van der Waals surface area (Å²) in [6.07, 6.45) is 0. The zero-order chi connectivity index (χ0) is 17.6. The molecule has 2 unspecified atom stereocenters. The zero-order valence-corrected chi connectivity index (χ0v) is 15.4. The van der Waals surface area contributed by atoms with Crippen molar-refractivity contribution in [2.45, 2.75) is 58.4 Å². The lowest BCUT2D eigenvalue weighted by molar-refractivity contribution is 0.173. The molecule has 2 aliphatic heterocycles. The molecule has 0 aliphatic carbocycles. The normalized spacial score (nSPS) is 21.8. The summed E-state index contributed by atoms with van der Waals surface area (Å²) in [6, 6.07) is 18.4. The molecule has 2 aromatic carbocycles. The first-order valence-corrected chi connectivity index (χ1v) is 9.20. The van der Waals surface area contributed by atoms with E-state index in [9.17, 15) is 0 Å². The van der Waals surface area contributed by atoms with Crippen molar-refractivity contribution in [2.75, 3.05) is 4.90 Å². The predicted octanol–water partition coefficient (Wildman–Crippen LogP) is 5.29. The summed E-state index contributed by atoms with van der Waals surface area (Å²) in [5.74, 6) is 0. The van der Waals surface area contributed by atoms with Crippen molar-refractivity contribution < 1.29 is 0 Å². The van der Waals surface area contributed by atoms with Gasteiger partial charge in [0.15, 0.2) is 0 Å². The number of anilines is 1. The monoisotopic (exact) mass is 334 g/mol. The van der Waals surface area contributed by atoms with Gasteiger partial charge < -0.3 is 4.90 Å². The van der Waals surface area contributed by atoms with E-state index in [4.69, 9.17) is 5.11 Å². The Labute approximate surface area is 150 Å². The van der Waals surface area contributed by atoms with Crippen LogP contribution in [0.25, 0.3) is 0 Å².